The molecule has 0 radical (unpaired) electrons. The molecule has 0 fully saturated rings. The molecular weight excluding hydrogens is 334 g/mol. The number of nitrogens with zero attached hydrogens (tertiary/aromatic N) is 2. The molecule has 6 heteroatoms. The molecule has 21 heavy (non-hydrogen) atoms. The minimum Gasteiger partial charge on any atom is -0.343 e. The molecule has 0 aliphatic carbocycles. The van der Waals surface area contributed by atoms with Gasteiger partial charge in [0.1, 0.15) is 5.69 Å². The zero-order valence-electron chi connectivity index (χ0n) is 11.6. The Balaban J connectivity index is 2.16. The van der Waals surface area contributed by atoms with Crippen molar-refractivity contribution in [1.29, 1.82) is 0 Å². The van der Waals surface area contributed by atoms with Crippen LogP contribution in [0.4, 0.5) is 5.69 Å². The van der Waals surface area contributed by atoms with Crippen molar-refractivity contribution in [2.45, 2.75) is 0 Å². The first-order valence-electron chi connectivity index (χ1n) is 6.22. The first-order chi connectivity index (χ1) is 9.97. The Morgan fingerprint density at radius 2 is 1.81 bits per heavy atom. The highest BCUT2D eigenvalue weighted by Gasteiger charge is 2.11. The Labute approximate surface area is 131 Å². The van der Waals surface area contributed by atoms with E-state index in [9.17, 15) is 9.59 Å². The lowest BCUT2D eigenvalue weighted by atomic mass is 10.2. The van der Waals surface area contributed by atoms with Crippen molar-refractivity contribution in [3.05, 3.63) is 58.3 Å². The van der Waals surface area contributed by atoms with Gasteiger partial charge in [0, 0.05) is 36.0 Å². The van der Waals surface area contributed by atoms with Crippen LogP contribution in [0.2, 0.25) is 0 Å². The topological polar surface area (TPSA) is 62.3 Å². The van der Waals surface area contributed by atoms with Gasteiger partial charge in [-0.05, 0) is 36.4 Å². The smallest absolute Gasteiger partial charge is 0.272 e. The first kappa shape index (κ1) is 15.2. The summed E-state index contributed by atoms with van der Waals surface area (Å²) in [6, 6.07) is 10.2. The molecule has 0 aliphatic heterocycles. The average Bonchev–Trinajstić information content (AvgIpc) is 2.47. The minimum absolute atomic E-state index is 0.213. The maximum absolute atomic E-state index is 12.1. The Morgan fingerprint density at radius 1 is 1.14 bits per heavy atom. The minimum atomic E-state index is -0.239. The molecule has 2 amide bonds. The van der Waals surface area contributed by atoms with Gasteiger partial charge >= 0.3 is 0 Å². The van der Waals surface area contributed by atoms with E-state index in [1.807, 2.05) is 0 Å². The monoisotopic (exact) mass is 347 g/mol. The summed E-state index contributed by atoms with van der Waals surface area (Å²) in [7, 11) is 3.30. The van der Waals surface area contributed by atoms with Gasteiger partial charge in [0.25, 0.3) is 11.8 Å². The Hall–Kier alpha value is -2.21. The van der Waals surface area contributed by atoms with Crippen LogP contribution in [0.5, 0.6) is 0 Å². The average molecular weight is 348 g/mol. The van der Waals surface area contributed by atoms with Gasteiger partial charge in [0.15, 0.2) is 0 Å². The third-order valence-electron chi connectivity index (χ3n) is 2.75. The normalized spacial score (nSPS) is 10.0. The zero-order valence-corrected chi connectivity index (χ0v) is 13.2. The van der Waals surface area contributed by atoms with Crippen LogP contribution < -0.4 is 5.32 Å². The van der Waals surface area contributed by atoms with Crippen molar-refractivity contribution in [2.24, 2.45) is 0 Å². The molecule has 0 saturated heterocycles. The van der Waals surface area contributed by atoms with E-state index in [2.05, 4.69) is 26.2 Å². The number of carbonyl (C=O) groups is 2. The second-order valence-corrected chi connectivity index (χ2v) is 5.51. The maximum atomic E-state index is 12.1. The Morgan fingerprint density at radius 3 is 2.43 bits per heavy atom. The summed E-state index contributed by atoms with van der Waals surface area (Å²) in [4.78, 5) is 29.4. The number of hydrogen-bond acceptors (Lipinski definition) is 3. The highest BCUT2D eigenvalue weighted by atomic mass is 79.9. The van der Waals surface area contributed by atoms with Crippen molar-refractivity contribution < 1.29 is 9.59 Å². The molecule has 0 atom stereocenters. The fourth-order valence-corrected chi connectivity index (χ4v) is 1.92. The van der Waals surface area contributed by atoms with Crippen LogP contribution in [0.25, 0.3) is 0 Å². The van der Waals surface area contributed by atoms with Gasteiger partial charge in [-0.15, -0.1) is 0 Å². The van der Waals surface area contributed by atoms with E-state index in [0.717, 1.165) is 4.47 Å². The molecular formula is C15H14BrN3O2. The number of pyridine rings is 1. The molecule has 1 aromatic heterocycles. The van der Waals surface area contributed by atoms with Gasteiger partial charge in [-0.3, -0.25) is 14.6 Å². The van der Waals surface area contributed by atoms with Crippen molar-refractivity contribution >= 4 is 33.4 Å². The van der Waals surface area contributed by atoms with Crippen LogP contribution in [0.15, 0.2) is 47.1 Å². The predicted molar refractivity (Wildman–Crippen MR) is 84.3 cm³/mol. The maximum Gasteiger partial charge on any atom is 0.272 e. The standard InChI is InChI=1S/C15H14BrN3O2/c1-19(2)15(21)13-9-12(7-8-17-13)18-14(20)10-3-5-11(16)6-4-10/h3-9H,1-2H3,(H,17,18,20). The summed E-state index contributed by atoms with van der Waals surface area (Å²) in [5.74, 6) is -0.452. The van der Waals surface area contributed by atoms with Crippen molar-refractivity contribution in [2.75, 3.05) is 19.4 Å². The summed E-state index contributed by atoms with van der Waals surface area (Å²) in [6.07, 6.45) is 1.49. The molecule has 0 saturated carbocycles. The van der Waals surface area contributed by atoms with Crippen molar-refractivity contribution in [3.63, 3.8) is 0 Å². The summed E-state index contributed by atoms with van der Waals surface area (Å²) < 4.78 is 0.904. The van der Waals surface area contributed by atoms with E-state index in [-0.39, 0.29) is 17.5 Å². The van der Waals surface area contributed by atoms with E-state index < -0.39 is 0 Å². The molecule has 5 nitrogen and oxygen atoms in total. The van der Waals surface area contributed by atoms with Crippen LogP contribution >= 0.6 is 15.9 Å². The van der Waals surface area contributed by atoms with E-state index in [0.29, 0.717) is 11.3 Å². The molecule has 2 rings (SSSR count). The Bertz CT molecular complexity index is 669. The lowest BCUT2D eigenvalue weighted by molar-refractivity contribution is 0.0821. The highest BCUT2D eigenvalue weighted by Crippen LogP contribution is 2.14. The van der Waals surface area contributed by atoms with Crippen molar-refractivity contribution in [3.8, 4) is 0 Å². The van der Waals surface area contributed by atoms with Gasteiger partial charge in [0.05, 0.1) is 0 Å². The van der Waals surface area contributed by atoms with E-state index in [4.69, 9.17) is 0 Å². The summed E-state index contributed by atoms with van der Waals surface area (Å²) >= 11 is 3.32. The quantitative estimate of drug-likeness (QED) is 0.928. The van der Waals surface area contributed by atoms with E-state index in [1.165, 1.54) is 11.1 Å². The van der Waals surface area contributed by atoms with Gasteiger partial charge in [-0.25, -0.2) is 0 Å². The fourth-order valence-electron chi connectivity index (χ4n) is 1.66. The second kappa shape index (κ2) is 6.49. The number of aromatic nitrogens is 1. The number of nitrogens with one attached hydrogen (secondary N) is 1. The number of carbonyl (C=O) groups excluding carboxylic acids is 2. The molecule has 0 bridgehead atoms. The molecule has 1 N–H and O–H groups in total. The summed E-state index contributed by atoms with van der Waals surface area (Å²) in [5, 5.41) is 2.75. The number of halogens is 1. The molecule has 0 spiro atoms. The lowest BCUT2D eigenvalue weighted by Crippen LogP contribution is -2.23. The molecule has 0 unspecified atom stereocenters. The van der Waals surface area contributed by atoms with Gasteiger partial charge < -0.3 is 10.2 Å². The van der Waals surface area contributed by atoms with Crippen LogP contribution in [0.1, 0.15) is 20.8 Å². The van der Waals surface area contributed by atoms with E-state index >= 15 is 0 Å². The number of amides is 2. The van der Waals surface area contributed by atoms with Crippen LogP contribution in [0.3, 0.4) is 0 Å². The number of hydrogen-bond donors (Lipinski definition) is 1. The second-order valence-electron chi connectivity index (χ2n) is 4.59. The fraction of sp³-hybridized carbons (Fsp3) is 0.133. The molecule has 2 aromatic rings. The summed E-state index contributed by atoms with van der Waals surface area (Å²) in [6.45, 7) is 0. The van der Waals surface area contributed by atoms with Crippen molar-refractivity contribution in [1.82, 2.24) is 9.88 Å². The molecule has 0 aliphatic rings. The predicted octanol–water partition coefficient (Wildman–Crippen LogP) is 2.80. The third kappa shape index (κ3) is 3.88. The van der Waals surface area contributed by atoms with E-state index in [1.54, 1.807) is 50.5 Å². The molecule has 1 aromatic carbocycles. The number of rotatable bonds is 3. The van der Waals surface area contributed by atoms with Gasteiger partial charge in [-0.1, -0.05) is 15.9 Å². The SMILES string of the molecule is CN(C)C(=O)c1cc(NC(=O)c2ccc(Br)cc2)ccn1. The number of anilines is 1. The zero-order chi connectivity index (χ0) is 15.4. The van der Waals surface area contributed by atoms with Crippen LogP contribution in [0, 0.1) is 0 Å². The molecule has 108 valence electrons. The largest absolute Gasteiger partial charge is 0.343 e. The van der Waals surface area contributed by atoms with Crippen LogP contribution in [-0.2, 0) is 0 Å². The van der Waals surface area contributed by atoms with Crippen LogP contribution in [-0.4, -0.2) is 35.8 Å². The Kier molecular flexibility index (Phi) is 4.70. The summed E-state index contributed by atoms with van der Waals surface area (Å²) in [5.41, 5.74) is 1.35. The van der Waals surface area contributed by atoms with Gasteiger partial charge in [0.2, 0.25) is 0 Å². The first-order valence-corrected chi connectivity index (χ1v) is 7.01. The highest BCUT2D eigenvalue weighted by molar-refractivity contribution is 9.10. The number of benzene rings is 1. The van der Waals surface area contributed by atoms with Gasteiger partial charge in [-0.2, -0.15) is 0 Å². The molecule has 1 heterocycles. The third-order valence-corrected chi connectivity index (χ3v) is 3.28. The lowest BCUT2D eigenvalue weighted by Gasteiger charge is -2.11.